The number of nitrogen functional groups attached to an aromatic ring is 1. The molecule has 3 aromatic carbocycles. The van der Waals surface area contributed by atoms with E-state index in [2.05, 4.69) is 20.3 Å². The van der Waals surface area contributed by atoms with E-state index in [-0.39, 0.29) is 22.9 Å². The number of benzene rings is 3. The molecule has 0 spiro atoms. The Hall–Kier alpha value is -5.18. The first-order valence-electron chi connectivity index (χ1n) is 13.8. The average molecular weight is 618 g/mol. The van der Waals surface area contributed by atoms with Crippen LogP contribution in [0.1, 0.15) is 33.3 Å². The van der Waals surface area contributed by atoms with Gasteiger partial charge < -0.3 is 36.5 Å². The minimum absolute atomic E-state index is 0.0770. The summed E-state index contributed by atoms with van der Waals surface area (Å²) in [4.78, 5) is 24.9. The summed E-state index contributed by atoms with van der Waals surface area (Å²) in [6.07, 6.45) is -4.72. The number of halogens is 2. The standard InChI is InChI=1S/C31H29F2N7O5/c1-44-21-13-11-20(12-14-21)30(18-5-3-2-4-6-18,19-9-7-17(8-10-19)25(34)43)39-26-23-27(38-29(35)37-26)40(16-36-23)28-31(32,33)24(42)22(15-41)45-28/h2-14,16,22,24,28,41-42H,15H2,1H3,(H2,34,43)(H3,35,37,38,39)/t22-,24-,28-,30?/m1/s1. The van der Waals surface area contributed by atoms with E-state index in [0.717, 1.165) is 16.5 Å². The highest BCUT2D eigenvalue weighted by Gasteiger charge is 2.59. The number of aliphatic hydroxyl groups excluding tert-OH is 2. The molecule has 0 aliphatic carbocycles. The fraction of sp³-hybridized carbons (Fsp3) is 0.226. The Labute approximate surface area is 255 Å². The zero-order valence-corrected chi connectivity index (χ0v) is 23.8. The molecule has 1 aliphatic heterocycles. The molecule has 2 aromatic heterocycles. The number of methoxy groups -OCH3 is 1. The summed E-state index contributed by atoms with van der Waals surface area (Å²) >= 11 is 0. The van der Waals surface area contributed by atoms with E-state index in [1.54, 1.807) is 43.5 Å². The van der Waals surface area contributed by atoms with Crippen molar-refractivity contribution in [2.24, 2.45) is 5.73 Å². The van der Waals surface area contributed by atoms with Crippen LogP contribution in [0.4, 0.5) is 20.5 Å². The number of hydrogen-bond acceptors (Lipinski definition) is 10. The highest BCUT2D eigenvalue weighted by Crippen LogP contribution is 2.45. The normalized spacial score (nSPS) is 20.5. The second kappa shape index (κ2) is 11.4. The first-order valence-corrected chi connectivity index (χ1v) is 13.8. The van der Waals surface area contributed by atoms with Crippen LogP contribution in [0.25, 0.3) is 11.2 Å². The Morgan fingerprint density at radius 2 is 1.67 bits per heavy atom. The van der Waals surface area contributed by atoms with E-state index < -0.39 is 42.4 Å². The molecule has 7 N–H and O–H groups in total. The molecule has 14 heteroatoms. The number of aromatic nitrogens is 4. The van der Waals surface area contributed by atoms with Gasteiger partial charge >= 0.3 is 5.92 Å². The van der Waals surface area contributed by atoms with Crippen LogP contribution in [-0.4, -0.2) is 67.5 Å². The number of anilines is 2. The fourth-order valence-corrected chi connectivity index (χ4v) is 5.62. The number of imidazole rings is 1. The van der Waals surface area contributed by atoms with Gasteiger partial charge in [-0.2, -0.15) is 18.7 Å². The Balaban J connectivity index is 1.58. The molecule has 1 aliphatic rings. The van der Waals surface area contributed by atoms with Crippen LogP contribution in [0, 0.1) is 0 Å². The second-order valence-corrected chi connectivity index (χ2v) is 10.5. The molecular formula is C31H29F2N7O5. The highest BCUT2D eigenvalue weighted by atomic mass is 19.3. The molecular weight excluding hydrogens is 588 g/mol. The van der Waals surface area contributed by atoms with Crippen LogP contribution < -0.4 is 21.5 Å². The minimum atomic E-state index is -3.78. The van der Waals surface area contributed by atoms with E-state index in [9.17, 15) is 15.0 Å². The predicted octanol–water partition coefficient (Wildman–Crippen LogP) is 2.81. The van der Waals surface area contributed by atoms with Gasteiger partial charge in [0.2, 0.25) is 18.1 Å². The second-order valence-electron chi connectivity index (χ2n) is 10.5. The van der Waals surface area contributed by atoms with Gasteiger partial charge in [-0.25, -0.2) is 4.98 Å². The van der Waals surface area contributed by atoms with Crippen molar-refractivity contribution in [1.29, 1.82) is 0 Å². The zero-order valence-electron chi connectivity index (χ0n) is 23.8. The Morgan fingerprint density at radius 3 is 2.24 bits per heavy atom. The van der Waals surface area contributed by atoms with Crippen LogP contribution in [0.5, 0.6) is 5.75 Å². The molecule has 0 saturated carbocycles. The maximum atomic E-state index is 15.2. The lowest BCUT2D eigenvalue weighted by Crippen LogP contribution is -2.39. The molecule has 4 atom stereocenters. The van der Waals surface area contributed by atoms with Crippen LogP contribution in [0.15, 0.2) is 85.2 Å². The van der Waals surface area contributed by atoms with E-state index in [1.807, 2.05) is 42.5 Å². The molecule has 0 bridgehead atoms. The molecule has 3 heterocycles. The first-order chi connectivity index (χ1) is 21.6. The van der Waals surface area contributed by atoms with Crippen LogP contribution >= 0.6 is 0 Å². The topological polar surface area (TPSA) is 184 Å². The molecule has 1 unspecified atom stereocenters. The fourth-order valence-electron chi connectivity index (χ4n) is 5.62. The van der Waals surface area contributed by atoms with E-state index in [0.29, 0.717) is 22.4 Å². The maximum absolute atomic E-state index is 15.2. The zero-order chi connectivity index (χ0) is 31.9. The van der Waals surface area contributed by atoms with Crippen molar-refractivity contribution in [2.45, 2.75) is 29.9 Å². The van der Waals surface area contributed by atoms with Crippen molar-refractivity contribution in [1.82, 2.24) is 19.5 Å². The summed E-state index contributed by atoms with van der Waals surface area (Å²) in [6, 6.07) is 23.3. The molecule has 1 fully saturated rings. The van der Waals surface area contributed by atoms with Crippen LogP contribution in [0.3, 0.4) is 0 Å². The number of alkyl halides is 2. The maximum Gasteiger partial charge on any atom is 0.320 e. The van der Waals surface area contributed by atoms with Crippen molar-refractivity contribution in [3.05, 3.63) is 107 Å². The number of carbonyl (C=O) groups is 1. The quantitative estimate of drug-likeness (QED) is 0.154. The number of carbonyl (C=O) groups excluding carboxylic acids is 1. The van der Waals surface area contributed by atoms with Gasteiger partial charge in [0.15, 0.2) is 23.1 Å². The van der Waals surface area contributed by atoms with Gasteiger partial charge in [0.1, 0.15) is 17.4 Å². The molecule has 0 radical (unpaired) electrons. The number of amides is 1. The average Bonchev–Trinajstić information content (AvgIpc) is 3.57. The van der Waals surface area contributed by atoms with Crippen molar-refractivity contribution in [3.63, 3.8) is 0 Å². The number of hydrogen-bond donors (Lipinski definition) is 5. The summed E-state index contributed by atoms with van der Waals surface area (Å²) in [7, 11) is 1.55. The van der Waals surface area contributed by atoms with Crippen molar-refractivity contribution in [3.8, 4) is 5.75 Å². The summed E-state index contributed by atoms with van der Waals surface area (Å²) < 4.78 is 42.0. The van der Waals surface area contributed by atoms with Gasteiger partial charge in [0.25, 0.3) is 0 Å². The minimum Gasteiger partial charge on any atom is -0.497 e. The molecule has 6 rings (SSSR count). The van der Waals surface area contributed by atoms with E-state index in [1.165, 1.54) is 0 Å². The molecule has 12 nitrogen and oxygen atoms in total. The molecule has 5 aromatic rings. The third-order valence-corrected chi connectivity index (χ3v) is 7.89. The third kappa shape index (κ3) is 4.98. The van der Waals surface area contributed by atoms with Crippen LogP contribution in [-0.2, 0) is 10.3 Å². The monoisotopic (exact) mass is 617 g/mol. The lowest BCUT2D eigenvalue weighted by atomic mass is 9.76. The summed E-state index contributed by atoms with van der Waals surface area (Å²) in [5.74, 6) is -3.94. The molecule has 45 heavy (non-hydrogen) atoms. The summed E-state index contributed by atoms with van der Waals surface area (Å²) in [5.41, 5.74) is 12.8. The smallest absolute Gasteiger partial charge is 0.320 e. The number of ether oxygens (including phenoxy) is 2. The number of rotatable bonds is 9. The predicted molar refractivity (Wildman–Crippen MR) is 160 cm³/mol. The number of fused-ring (bicyclic) bond motifs is 1. The van der Waals surface area contributed by atoms with Crippen molar-refractivity contribution < 1.29 is 33.3 Å². The number of nitrogens with zero attached hydrogens (tertiary/aromatic N) is 4. The largest absolute Gasteiger partial charge is 0.497 e. The lowest BCUT2D eigenvalue weighted by molar-refractivity contribution is -0.138. The SMILES string of the molecule is COc1ccc(C(Nc2nc(N)nc3c2ncn3[C@@H]2O[C@H](CO)[C@@H](O)C2(F)F)(c2ccccc2)c2ccc(C(N)=O)cc2)cc1. The van der Waals surface area contributed by atoms with Gasteiger partial charge in [-0.3, -0.25) is 9.36 Å². The van der Waals surface area contributed by atoms with Crippen molar-refractivity contribution >= 4 is 28.8 Å². The number of nitrogens with two attached hydrogens (primary N) is 2. The lowest BCUT2D eigenvalue weighted by Gasteiger charge is -2.37. The third-order valence-electron chi connectivity index (χ3n) is 7.89. The summed E-state index contributed by atoms with van der Waals surface area (Å²) in [5, 5.41) is 23.1. The van der Waals surface area contributed by atoms with E-state index >= 15 is 8.78 Å². The van der Waals surface area contributed by atoms with Gasteiger partial charge in [-0.15, -0.1) is 0 Å². The first kappa shape index (κ1) is 29.9. The molecule has 232 valence electrons. The summed E-state index contributed by atoms with van der Waals surface area (Å²) in [6.45, 7) is -0.820. The highest BCUT2D eigenvalue weighted by molar-refractivity contribution is 5.93. The van der Waals surface area contributed by atoms with Crippen LogP contribution in [0.2, 0.25) is 0 Å². The number of aliphatic hydroxyl groups is 2. The Kier molecular flexibility index (Phi) is 7.56. The molecule has 1 saturated heterocycles. The van der Waals surface area contributed by atoms with Gasteiger partial charge in [-0.05, 0) is 41.0 Å². The number of primary amides is 1. The van der Waals surface area contributed by atoms with E-state index in [4.69, 9.17) is 20.9 Å². The number of nitrogens with one attached hydrogen (secondary N) is 1. The van der Waals surface area contributed by atoms with Gasteiger partial charge in [0.05, 0.1) is 20.0 Å². The Bertz CT molecular complexity index is 1840. The molecule has 1 amide bonds. The van der Waals surface area contributed by atoms with Gasteiger partial charge in [0, 0.05) is 5.56 Å². The van der Waals surface area contributed by atoms with Crippen molar-refractivity contribution in [2.75, 3.05) is 24.8 Å². The Morgan fingerprint density at radius 1 is 1.04 bits per heavy atom. The van der Waals surface area contributed by atoms with Gasteiger partial charge in [-0.1, -0.05) is 54.6 Å².